The van der Waals surface area contributed by atoms with E-state index >= 15 is 0 Å². The van der Waals surface area contributed by atoms with Gasteiger partial charge in [-0.25, -0.2) is 0 Å². The van der Waals surface area contributed by atoms with Gasteiger partial charge >= 0.3 is 0 Å². The predicted octanol–water partition coefficient (Wildman–Crippen LogP) is 13.2. The number of benzene rings is 10. The molecule has 0 N–H and O–H groups in total. The zero-order valence-electron chi connectivity index (χ0n) is 27.6. The molecule has 2 nitrogen and oxygen atoms in total. The average molecular weight is 645 g/mol. The van der Waals surface area contributed by atoms with Crippen LogP contribution < -0.4 is 0 Å². The molecule has 2 heteroatoms. The lowest BCUT2D eigenvalue weighted by Gasteiger charge is -2.17. The molecule has 11 rings (SSSR count). The molecule has 0 bridgehead atoms. The lowest BCUT2D eigenvalue weighted by Crippen LogP contribution is -1.93. The van der Waals surface area contributed by atoms with Crippen molar-refractivity contribution in [1.29, 1.82) is 5.26 Å². The molecule has 0 amide bonds. The van der Waals surface area contributed by atoms with E-state index in [-0.39, 0.29) is 0 Å². The van der Waals surface area contributed by atoms with Gasteiger partial charge < -0.3 is 4.57 Å². The third-order valence-electron chi connectivity index (χ3n) is 11.0. The largest absolute Gasteiger partial charge is 0.309 e. The molecular formula is C49H28N2. The summed E-state index contributed by atoms with van der Waals surface area (Å²) in [6, 6.07) is 64.0. The molecule has 0 aliphatic carbocycles. The first kappa shape index (κ1) is 27.9. The topological polar surface area (TPSA) is 28.7 Å². The molecule has 0 aliphatic rings. The Balaban J connectivity index is 1.24. The van der Waals surface area contributed by atoms with Crippen LogP contribution in [0.3, 0.4) is 0 Å². The summed E-state index contributed by atoms with van der Waals surface area (Å²) in [4.78, 5) is 0. The fourth-order valence-electron chi connectivity index (χ4n) is 8.71. The van der Waals surface area contributed by atoms with Crippen LogP contribution in [0.25, 0.3) is 104 Å². The third kappa shape index (κ3) is 3.92. The van der Waals surface area contributed by atoms with E-state index in [4.69, 9.17) is 0 Å². The first-order valence-electron chi connectivity index (χ1n) is 17.4. The molecule has 0 saturated carbocycles. The van der Waals surface area contributed by atoms with Crippen LogP contribution in [0.4, 0.5) is 0 Å². The molecule has 234 valence electrons. The van der Waals surface area contributed by atoms with E-state index < -0.39 is 0 Å². The number of hydrogen-bond acceptors (Lipinski definition) is 1. The van der Waals surface area contributed by atoms with Gasteiger partial charge in [0, 0.05) is 21.8 Å². The molecule has 0 saturated heterocycles. The maximum absolute atomic E-state index is 10.1. The van der Waals surface area contributed by atoms with Crippen LogP contribution in [-0.4, -0.2) is 4.57 Å². The minimum Gasteiger partial charge on any atom is -0.309 e. The summed E-state index contributed by atoms with van der Waals surface area (Å²) < 4.78 is 2.34. The van der Waals surface area contributed by atoms with E-state index in [9.17, 15) is 5.26 Å². The van der Waals surface area contributed by atoms with Crippen molar-refractivity contribution in [2.24, 2.45) is 0 Å². The minimum atomic E-state index is 0.701. The number of para-hydroxylation sites is 1. The van der Waals surface area contributed by atoms with E-state index in [1.807, 2.05) is 6.07 Å². The van der Waals surface area contributed by atoms with Crippen molar-refractivity contribution in [3.05, 3.63) is 175 Å². The second-order valence-corrected chi connectivity index (χ2v) is 13.6. The Bertz CT molecular complexity index is 3250. The average Bonchev–Trinajstić information content (AvgIpc) is 3.54. The van der Waals surface area contributed by atoms with E-state index in [1.165, 1.54) is 76.1 Å². The molecular weight excluding hydrogens is 617 g/mol. The molecule has 11 aromatic rings. The van der Waals surface area contributed by atoms with Crippen molar-refractivity contribution >= 4 is 75.7 Å². The Hall–Kier alpha value is -6.95. The Morgan fingerprint density at radius 3 is 1.71 bits per heavy atom. The molecule has 0 atom stereocenters. The van der Waals surface area contributed by atoms with Crippen molar-refractivity contribution < 1.29 is 0 Å². The number of aromatic nitrogens is 1. The van der Waals surface area contributed by atoms with Crippen LogP contribution in [0.15, 0.2) is 170 Å². The van der Waals surface area contributed by atoms with Crippen molar-refractivity contribution in [3.8, 4) is 34.0 Å². The van der Waals surface area contributed by atoms with Gasteiger partial charge in [-0.2, -0.15) is 5.26 Å². The van der Waals surface area contributed by atoms with Crippen LogP contribution >= 0.6 is 0 Å². The SMILES string of the molecule is N#Cc1ccc2c3c1ccc1c(-c4cc5c6ccccc6c(-c6ccc7ccccc7c6)cc5c5ccccc45)ccc(c13)n2-c1ccccc1. The van der Waals surface area contributed by atoms with Gasteiger partial charge in [0.25, 0.3) is 0 Å². The fourth-order valence-corrected chi connectivity index (χ4v) is 8.71. The second-order valence-electron chi connectivity index (χ2n) is 13.6. The van der Waals surface area contributed by atoms with Crippen molar-refractivity contribution in [2.75, 3.05) is 0 Å². The minimum absolute atomic E-state index is 0.701. The first-order valence-corrected chi connectivity index (χ1v) is 17.4. The summed E-state index contributed by atoms with van der Waals surface area (Å²) in [6.45, 7) is 0. The van der Waals surface area contributed by atoms with Crippen molar-refractivity contribution in [2.45, 2.75) is 0 Å². The van der Waals surface area contributed by atoms with Crippen LogP contribution in [0.5, 0.6) is 0 Å². The van der Waals surface area contributed by atoms with Crippen LogP contribution in [0, 0.1) is 11.3 Å². The molecule has 0 fully saturated rings. The summed E-state index contributed by atoms with van der Waals surface area (Å²) in [5, 5.41) is 24.6. The Morgan fingerprint density at radius 1 is 0.373 bits per heavy atom. The number of nitriles is 1. The first-order chi connectivity index (χ1) is 25.3. The maximum atomic E-state index is 10.1. The quantitative estimate of drug-likeness (QED) is 0.176. The van der Waals surface area contributed by atoms with Gasteiger partial charge in [0.1, 0.15) is 0 Å². The monoisotopic (exact) mass is 644 g/mol. The highest BCUT2D eigenvalue weighted by atomic mass is 15.0. The van der Waals surface area contributed by atoms with E-state index in [0.717, 1.165) is 27.5 Å². The molecule has 0 aliphatic heterocycles. The van der Waals surface area contributed by atoms with Gasteiger partial charge in [-0.05, 0) is 119 Å². The summed E-state index contributed by atoms with van der Waals surface area (Å²) in [5.41, 5.74) is 8.95. The van der Waals surface area contributed by atoms with E-state index in [1.54, 1.807) is 0 Å². The van der Waals surface area contributed by atoms with E-state index in [2.05, 4.69) is 174 Å². The van der Waals surface area contributed by atoms with Gasteiger partial charge in [0.2, 0.25) is 0 Å². The van der Waals surface area contributed by atoms with Gasteiger partial charge in [-0.15, -0.1) is 0 Å². The van der Waals surface area contributed by atoms with Crippen molar-refractivity contribution in [1.82, 2.24) is 4.57 Å². The van der Waals surface area contributed by atoms with Gasteiger partial charge in [-0.1, -0.05) is 121 Å². The zero-order chi connectivity index (χ0) is 33.6. The number of nitrogens with zero attached hydrogens (tertiary/aromatic N) is 2. The normalized spacial score (nSPS) is 11.9. The van der Waals surface area contributed by atoms with Gasteiger partial charge in [0.05, 0.1) is 22.7 Å². The fraction of sp³-hybridized carbons (Fsp3) is 0. The summed E-state index contributed by atoms with van der Waals surface area (Å²) in [6.07, 6.45) is 0. The number of hydrogen-bond donors (Lipinski definition) is 0. The standard InChI is InChI=1S/C49H28N2/c50-29-33-20-24-46-48-35(33)21-22-41-40(23-25-47(49(41)48)51(46)34-12-2-1-3-13-34)43-28-45-37-15-7-6-14-36(37)42(27-44(45)39-17-9-8-16-38(39)43)32-19-18-30-10-4-5-11-31(30)26-32/h1-28H. The summed E-state index contributed by atoms with van der Waals surface area (Å²) >= 11 is 0. The highest BCUT2D eigenvalue weighted by Crippen LogP contribution is 2.47. The Kier molecular flexibility index (Phi) is 5.77. The highest BCUT2D eigenvalue weighted by molar-refractivity contribution is 6.30. The van der Waals surface area contributed by atoms with Crippen molar-refractivity contribution in [3.63, 3.8) is 0 Å². The number of rotatable bonds is 3. The molecule has 51 heavy (non-hydrogen) atoms. The molecule has 0 spiro atoms. The Labute approximate surface area is 294 Å². The molecule has 0 radical (unpaired) electrons. The third-order valence-corrected chi connectivity index (χ3v) is 11.0. The molecule has 0 unspecified atom stereocenters. The summed E-state index contributed by atoms with van der Waals surface area (Å²) in [7, 11) is 0. The van der Waals surface area contributed by atoms with Gasteiger partial charge in [-0.3, -0.25) is 0 Å². The van der Waals surface area contributed by atoms with Crippen LogP contribution in [0.1, 0.15) is 5.56 Å². The number of fused-ring (bicyclic) bond motifs is 6. The van der Waals surface area contributed by atoms with Crippen LogP contribution in [-0.2, 0) is 0 Å². The smallest absolute Gasteiger partial charge is 0.0998 e. The predicted molar refractivity (Wildman–Crippen MR) is 215 cm³/mol. The lowest BCUT2D eigenvalue weighted by atomic mass is 9.86. The van der Waals surface area contributed by atoms with Gasteiger partial charge in [0.15, 0.2) is 0 Å². The molecule has 10 aromatic carbocycles. The summed E-state index contributed by atoms with van der Waals surface area (Å²) in [5.74, 6) is 0. The van der Waals surface area contributed by atoms with E-state index in [0.29, 0.717) is 5.56 Å². The molecule has 1 aromatic heterocycles. The lowest BCUT2D eigenvalue weighted by molar-refractivity contribution is 1.18. The Morgan fingerprint density at radius 2 is 0.961 bits per heavy atom. The highest BCUT2D eigenvalue weighted by Gasteiger charge is 2.22. The second kappa shape index (κ2) is 10.5. The maximum Gasteiger partial charge on any atom is 0.0998 e. The molecule has 1 heterocycles. The van der Waals surface area contributed by atoms with Crippen LogP contribution in [0.2, 0.25) is 0 Å². The zero-order valence-corrected chi connectivity index (χ0v) is 27.6.